The summed E-state index contributed by atoms with van der Waals surface area (Å²) in [6, 6.07) is -2.03. The van der Waals surface area contributed by atoms with Crippen LogP contribution in [0, 0.1) is 0 Å². The van der Waals surface area contributed by atoms with E-state index in [2.05, 4.69) is 20.6 Å². The number of carbonyl (C=O) groups excluding carboxylic acids is 2. The Balaban J connectivity index is 2.83. The van der Waals surface area contributed by atoms with Crippen molar-refractivity contribution in [3.05, 3.63) is 18.2 Å². The monoisotopic (exact) mass is 386 g/mol. The first kappa shape index (κ1) is 21.8. The first-order chi connectivity index (χ1) is 12.1. The van der Waals surface area contributed by atoms with Crippen LogP contribution in [-0.4, -0.2) is 62.7 Å². The Kier molecular flexibility index (Phi) is 8.43. The van der Waals surface area contributed by atoms with Gasteiger partial charge >= 0.3 is 12.1 Å². The third-order valence-electron chi connectivity index (χ3n) is 3.21. The lowest BCUT2D eigenvalue weighted by Crippen LogP contribution is -2.53. The number of thioether (sulfide) groups is 1. The second-order valence-electron chi connectivity index (χ2n) is 6.66. The fourth-order valence-corrected chi connectivity index (χ4v) is 2.51. The van der Waals surface area contributed by atoms with E-state index < -0.39 is 35.7 Å². The average Bonchev–Trinajstić information content (AvgIpc) is 3.01. The maximum atomic E-state index is 12.6. The van der Waals surface area contributed by atoms with Gasteiger partial charge in [-0.05, 0) is 39.2 Å². The van der Waals surface area contributed by atoms with Crippen LogP contribution < -0.4 is 10.6 Å². The summed E-state index contributed by atoms with van der Waals surface area (Å²) >= 11 is 1.49. The number of carboxylic acid groups (broad SMARTS) is 1. The molecule has 0 aliphatic carbocycles. The molecule has 0 aliphatic heterocycles. The number of carbonyl (C=O) groups is 3. The predicted octanol–water partition coefficient (Wildman–Crippen LogP) is 1.17. The van der Waals surface area contributed by atoms with Crippen molar-refractivity contribution in [2.75, 3.05) is 12.0 Å². The van der Waals surface area contributed by atoms with E-state index in [0.29, 0.717) is 11.4 Å². The number of hydrogen-bond donors (Lipinski definition) is 4. The third kappa shape index (κ3) is 8.24. The Labute approximate surface area is 156 Å². The summed E-state index contributed by atoms with van der Waals surface area (Å²) in [6.07, 6.45) is 4.49. The Morgan fingerprint density at radius 3 is 2.50 bits per heavy atom. The van der Waals surface area contributed by atoms with Crippen LogP contribution in [0.25, 0.3) is 0 Å². The van der Waals surface area contributed by atoms with E-state index in [1.54, 1.807) is 20.8 Å². The summed E-state index contributed by atoms with van der Waals surface area (Å²) in [5, 5.41) is 14.2. The number of aliphatic carboxylic acids is 1. The van der Waals surface area contributed by atoms with Crippen molar-refractivity contribution in [1.82, 2.24) is 20.6 Å². The van der Waals surface area contributed by atoms with Gasteiger partial charge in [0, 0.05) is 18.3 Å². The van der Waals surface area contributed by atoms with Gasteiger partial charge in [0.25, 0.3) is 0 Å². The lowest BCUT2D eigenvalue weighted by atomic mass is 10.1. The quantitative estimate of drug-likeness (QED) is 0.500. The molecular weight excluding hydrogens is 360 g/mol. The van der Waals surface area contributed by atoms with Gasteiger partial charge in [0.2, 0.25) is 5.91 Å². The van der Waals surface area contributed by atoms with Crippen LogP contribution in [0.2, 0.25) is 0 Å². The smallest absolute Gasteiger partial charge is 0.408 e. The van der Waals surface area contributed by atoms with Gasteiger partial charge < -0.3 is 25.5 Å². The number of H-pyrrole nitrogens is 1. The van der Waals surface area contributed by atoms with Crippen LogP contribution in [0.15, 0.2) is 12.5 Å². The molecule has 0 aromatic carbocycles. The van der Waals surface area contributed by atoms with E-state index in [4.69, 9.17) is 4.74 Å². The van der Waals surface area contributed by atoms with Crippen LogP contribution >= 0.6 is 11.8 Å². The number of nitrogens with zero attached hydrogens (tertiary/aromatic N) is 1. The Bertz CT molecular complexity index is 600. The Morgan fingerprint density at radius 1 is 1.31 bits per heavy atom. The molecule has 1 aromatic heterocycles. The van der Waals surface area contributed by atoms with Crippen molar-refractivity contribution >= 4 is 29.7 Å². The molecule has 1 aromatic rings. The van der Waals surface area contributed by atoms with Gasteiger partial charge in [0.15, 0.2) is 0 Å². The predicted molar refractivity (Wildman–Crippen MR) is 98.0 cm³/mol. The maximum Gasteiger partial charge on any atom is 0.408 e. The summed E-state index contributed by atoms with van der Waals surface area (Å²) in [6.45, 7) is 5.12. The molecule has 0 saturated carbocycles. The number of imidazole rings is 1. The van der Waals surface area contributed by atoms with E-state index >= 15 is 0 Å². The van der Waals surface area contributed by atoms with Crippen LogP contribution in [0.4, 0.5) is 4.79 Å². The van der Waals surface area contributed by atoms with Crippen LogP contribution in [0.5, 0.6) is 0 Å². The summed E-state index contributed by atoms with van der Waals surface area (Å²) in [4.78, 5) is 42.7. The summed E-state index contributed by atoms with van der Waals surface area (Å²) in [7, 11) is 0. The summed E-state index contributed by atoms with van der Waals surface area (Å²) in [5.41, 5.74) is -0.0988. The van der Waals surface area contributed by atoms with Crippen molar-refractivity contribution < 1.29 is 24.2 Å². The van der Waals surface area contributed by atoms with Gasteiger partial charge in [0.05, 0.1) is 6.33 Å². The van der Waals surface area contributed by atoms with Crippen molar-refractivity contribution in [2.24, 2.45) is 0 Å². The van der Waals surface area contributed by atoms with E-state index in [1.807, 2.05) is 6.26 Å². The molecule has 146 valence electrons. The first-order valence-electron chi connectivity index (χ1n) is 8.11. The molecule has 9 nitrogen and oxygen atoms in total. The number of carboxylic acids is 1. The number of alkyl carbamates (subject to hydrolysis) is 1. The standard InChI is InChI=1S/C16H26N4O5S/c1-16(2,3)25-15(24)20-12(7-10-8-17-9-18-10)13(21)19-11(14(22)23)5-6-26-4/h8-9,11-12H,5-7H2,1-4H3,(H,17,18)(H,19,21)(H,20,24)(H,22,23). The molecule has 0 spiro atoms. The summed E-state index contributed by atoms with van der Waals surface area (Å²) in [5.74, 6) is -1.13. The average molecular weight is 386 g/mol. The van der Waals surface area contributed by atoms with Gasteiger partial charge in [-0.3, -0.25) is 4.79 Å². The van der Waals surface area contributed by atoms with Crippen molar-refractivity contribution in [2.45, 2.75) is 51.3 Å². The van der Waals surface area contributed by atoms with Crippen LogP contribution in [0.1, 0.15) is 32.9 Å². The zero-order chi connectivity index (χ0) is 19.7. The van der Waals surface area contributed by atoms with Crippen LogP contribution in [-0.2, 0) is 20.7 Å². The number of aromatic amines is 1. The molecule has 2 unspecified atom stereocenters. The highest BCUT2D eigenvalue weighted by Crippen LogP contribution is 2.08. The molecule has 0 aliphatic rings. The number of amides is 2. The van der Waals surface area contributed by atoms with E-state index in [0.717, 1.165) is 0 Å². The molecule has 0 saturated heterocycles. The largest absolute Gasteiger partial charge is 0.480 e. The summed E-state index contributed by atoms with van der Waals surface area (Å²) < 4.78 is 5.18. The molecule has 1 rings (SSSR count). The van der Waals surface area contributed by atoms with Gasteiger partial charge in [-0.2, -0.15) is 11.8 Å². The third-order valence-corrected chi connectivity index (χ3v) is 3.86. The number of rotatable bonds is 9. The minimum Gasteiger partial charge on any atom is -0.480 e. The fourth-order valence-electron chi connectivity index (χ4n) is 2.04. The highest BCUT2D eigenvalue weighted by Gasteiger charge is 2.28. The zero-order valence-electron chi connectivity index (χ0n) is 15.4. The Hall–Kier alpha value is -2.23. The highest BCUT2D eigenvalue weighted by molar-refractivity contribution is 7.98. The molecule has 0 bridgehead atoms. The fraction of sp³-hybridized carbons (Fsp3) is 0.625. The van der Waals surface area contributed by atoms with E-state index in [1.165, 1.54) is 24.3 Å². The zero-order valence-corrected chi connectivity index (χ0v) is 16.2. The number of hydrogen-bond acceptors (Lipinski definition) is 6. The van der Waals surface area contributed by atoms with Crippen molar-refractivity contribution in [1.29, 1.82) is 0 Å². The van der Waals surface area contributed by atoms with Gasteiger partial charge in [-0.15, -0.1) is 0 Å². The molecule has 10 heteroatoms. The van der Waals surface area contributed by atoms with E-state index in [9.17, 15) is 19.5 Å². The lowest BCUT2D eigenvalue weighted by Gasteiger charge is -2.24. The number of ether oxygens (including phenoxy) is 1. The number of nitrogens with one attached hydrogen (secondary N) is 3. The van der Waals surface area contributed by atoms with Gasteiger partial charge in [-0.1, -0.05) is 0 Å². The molecule has 0 radical (unpaired) electrons. The maximum absolute atomic E-state index is 12.6. The van der Waals surface area contributed by atoms with Crippen molar-refractivity contribution in [3.63, 3.8) is 0 Å². The molecule has 26 heavy (non-hydrogen) atoms. The van der Waals surface area contributed by atoms with Gasteiger partial charge in [0.1, 0.15) is 17.7 Å². The Morgan fingerprint density at radius 2 is 2.00 bits per heavy atom. The van der Waals surface area contributed by atoms with Gasteiger partial charge in [-0.25, -0.2) is 14.6 Å². The molecule has 2 amide bonds. The molecular formula is C16H26N4O5S. The molecule has 4 N–H and O–H groups in total. The van der Waals surface area contributed by atoms with Crippen LogP contribution in [0.3, 0.4) is 0 Å². The van der Waals surface area contributed by atoms with Crippen molar-refractivity contribution in [3.8, 4) is 0 Å². The first-order valence-corrected chi connectivity index (χ1v) is 9.50. The molecule has 0 fully saturated rings. The lowest BCUT2D eigenvalue weighted by molar-refractivity contribution is -0.142. The molecule has 1 heterocycles. The molecule has 2 atom stereocenters. The minimum atomic E-state index is -1.12. The SMILES string of the molecule is CSCCC(NC(=O)C(Cc1cnc[nH]1)NC(=O)OC(C)(C)C)C(=O)O. The highest BCUT2D eigenvalue weighted by atomic mass is 32.2. The minimum absolute atomic E-state index is 0.125. The second kappa shape index (κ2) is 10.0. The van der Waals surface area contributed by atoms with E-state index in [-0.39, 0.29) is 12.8 Å². The number of aromatic nitrogens is 2. The topological polar surface area (TPSA) is 133 Å². The normalized spacial score (nSPS) is 13.5. The second-order valence-corrected chi connectivity index (χ2v) is 7.65.